The summed E-state index contributed by atoms with van der Waals surface area (Å²) >= 11 is 7.26. The Labute approximate surface area is 81.1 Å². The van der Waals surface area contributed by atoms with Gasteiger partial charge in [0.25, 0.3) is 0 Å². The van der Waals surface area contributed by atoms with Gasteiger partial charge >= 0.3 is 0 Å². The predicted octanol–water partition coefficient (Wildman–Crippen LogP) is 2.72. The highest BCUT2D eigenvalue weighted by Gasteiger charge is 1.98. The zero-order valence-corrected chi connectivity index (χ0v) is 8.32. The topological polar surface area (TPSA) is 25.8 Å². The lowest BCUT2D eigenvalue weighted by Gasteiger charge is -1.98. The van der Waals surface area contributed by atoms with Gasteiger partial charge in [0.2, 0.25) is 5.28 Å². The van der Waals surface area contributed by atoms with Crippen LogP contribution in [0.5, 0.6) is 0 Å². The van der Waals surface area contributed by atoms with Gasteiger partial charge < -0.3 is 0 Å². The summed E-state index contributed by atoms with van der Waals surface area (Å²) in [5.74, 6) is 0.840. The molecular weight excluding hydrogens is 192 g/mol. The molecule has 1 rings (SSSR count). The lowest BCUT2D eigenvalue weighted by molar-refractivity contribution is 1.01. The molecule has 64 valence electrons. The van der Waals surface area contributed by atoms with Gasteiger partial charge in [0.1, 0.15) is 5.03 Å². The summed E-state index contributed by atoms with van der Waals surface area (Å²) in [6.45, 7) is 5.52. The highest BCUT2D eigenvalue weighted by Crippen LogP contribution is 2.17. The van der Waals surface area contributed by atoms with Crippen LogP contribution < -0.4 is 0 Å². The first kappa shape index (κ1) is 9.55. The first-order valence-electron chi connectivity index (χ1n) is 3.47. The van der Waals surface area contributed by atoms with Gasteiger partial charge in [-0.25, -0.2) is 9.97 Å². The molecule has 0 bridgehead atoms. The molecule has 1 aromatic heterocycles. The largest absolute Gasteiger partial charge is 0.223 e. The fourth-order valence-electron chi connectivity index (χ4n) is 0.723. The van der Waals surface area contributed by atoms with Crippen molar-refractivity contribution >= 4 is 23.4 Å². The van der Waals surface area contributed by atoms with Gasteiger partial charge in [0.15, 0.2) is 0 Å². The Morgan fingerprint density at radius 3 is 3.00 bits per heavy atom. The number of halogens is 1. The molecule has 0 saturated carbocycles. The van der Waals surface area contributed by atoms with Crippen LogP contribution in [0.25, 0.3) is 0 Å². The minimum Gasteiger partial charge on any atom is -0.223 e. The Morgan fingerprint density at radius 2 is 2.42 bits per heavy atom. The monoisotopic (exact) mass is 200 g/mol. The number of thioether (sulfide) groups is 1. The number of aromatic nitrogens is 2. The van der Waals surface area contributed by atoms with Crippen molar-refractivity contribution in [2.75, 3.05) is 5.75 Å². The van der Waals surface area contributed by atoms with Crippen molar-refractivity contribution < 1.29 is 0 Å². The van der Waals surface area contributed by atoms with Crippen molar-refractivity contribution in [2.24, 2.45) is 0 Å². The smallest absolute Gasteiger partial charge is 0.223 e. The second kappa shape index (κ2) is 4.48. The van der Waals surface area contributed by atoms with Gasteiger partial charge in [-0.3, -0.25) is 0 Å². The third-order valence-electron chi connectivity index (χ3n) is 1.15. The number of hydrogen-bond donors (Lipinski definition) is 0. The number of nitrogens with zero attached hydrogens (tertiary/aromatic N) is 2. The van der Waals surface area contributed by atoms with Crippen LogP contribution in [0.15, 0.2) is 23.7 Å². The van der Waals surface area contributed by atoms with E-state index in [1.54, 1.807) is 11.8 Å². The molecule has 0 aliphatic rings. The zero-order valence-electron chi connectivity index (χ0n) is 6.75. The highest BCUT2D eigenvalue weighted by atomic mass is 35.5. The quantitative estimate of drug-likeness (QED) is 0.325. The fraction of sp³-hybridized carbons (Fsp3) is 0.250. The maximum absolute atomic E-state index is 5.67. The minimum atomic E-state index is 0.307. The number of hydrogen-bond acceptors (Lipinski definition) is 3. The Balaban J connectivity index is 2.78. The molecule has 4 heteroatoms. The predicted molar refractivity (Wildman–Crippen MR) is 52.7 cm³/mol. The third-order valence-corrected chi connectivity index (χ3v) is 2.23. The summed E-state index contributed by atoms with van der Waals surface area (Å²) in [5, 5.41) is 1.20. The molecular formula is C8H9ClN2S. The van der Waals surface area contributed by atoms with Crippen LogP contribution in [-0.2, 0) is 0 Å². The fourth-order valence-corrected chi connectivity index (χ4v) is 1.69. The second-order valence-corrected chi connectivity index (χ2v) is 3.59. The van der Waals surface area contributed by atoms with E-state index in [1.165, 1.54) is 0 Å². The van der Waals surface area contributed by atoms with Gasteiger partial charge in [-0.1, -0.05) is 6.08 Å². The second-order valence-electron chi connectivity index (χ2n) is 2.22. The summed E-state index contributed by atoms with van der Waals surface area (Å²) in [5.41, 5.74) is 0.890. The Kier molecular flexibility index (Phi) is 3.56. The molecule has 0 radical (unpaired) electrons. The maximum atomic E-state index is 5.67. The van der Waals surface area contributed by atoms with E-state index in [0.29, 0.717) is 5.28 Å². The molecule has 12 heavy (non-hydrogen) atoms. The van der Waals surface area contributed by atoms with E-state index in [1.807, 2.05) is 19.1 Å². The molecule has 0 aliphatic carbocycles. The molecule has 0 aliphatic heterocycles. The summed E-state index contributed by atoms with van der Waals surface area (Å²) in [7, 11) is 0. The van der Waals surface area contributed by atoms with Crippen molar-refractivity contribution in [1.29, 1.82) is 0 Å². The molecule has 0 fully saturated rings. The Hall–Kier alpha value is -0.540. The van der Waals surface area contributed by atoms with Crippen molar-refractivity contribution in [1.82, 2.24) is 9.97 Å². The zero-order chi connectivity index (χ0) is 8.97. The first-order chi connectivity index (χ1) is 5.72. The number of rotatable bonds is 3. The van der Waals surface area contributed by atoms with E-state index >= 15 is 0 Å². The van der Waals surface area contributed by atoms with Crippen LogP contribution in [-0.4, -0.2) is 15.7 Å². The lowest BCUT2D eigenvalue weighted by Crippen LogP contribution is -1.88. The molecule has 0 N–H and O–H groups in total. The van der Waals surface area contributed by atoms with Gasteiger partial charge in [0, 0.05) is 11.4 Å². The number of aryl methyl sites for hydroxylation is 1. The molecule has 1 heterocycles. The molecule has 0 aromatic carbocycles. The highest BCUT2D eigenvalue weighted by molar-refractivity contribution is 7.99. The Bertz CT molecular complexity index is 268. The average Bonchev–Trinajstić information content (AvgIpc) is 1.99. The van der Waals surface area contributed by atoms with E-state index in [-0.39, 0.29) is 0 Å². The SMILES string of the molecule is C=CCSc1cc(C)nc(Cl)n1. The standard InChI is InChI=1S/C8H9ClN2S/c1-3-4-12-7-5-6(2)10-8(9)11-7/h3,5H,1,4H2,2H3. The summed E-state index contributed by atoms with van der Waals surface area (Å²) in [6.07, 6.45) is 1.83. The molecule has 1 aromatic rings. The molecule has 0 amide bonds. The van der Waals surface area contributed by atoms with Crippen LogP contribution in [0, 0.1) is 6.92 Å². The van der Waals surface area contributed by atoms with Gasteiger partial charge in [-0.15, -0.1) is 18.3 Å². The summed E-state index contributed by atoms with van der Waals surface area (Å²) < 4.78 is 0. The minimum absolute atomic E-state index is 0.307. The molecule has 2 nitrogen and oxygen atoms in total. The van der Waals surface area contributed by atoms with E-state index in [4.69, 9.17) is 11.6 Å². The van der Waals surface area contributed by atoms with Crippen molar-refractivity contribution in [3.05, 3.63) is 29.7 Å². The molecule has 0 spiro atoms. The summed E-state index contributed by atoms with van der Waals surface area (Å²) in [6, 6.07) is 1.90. The van der Waals surface area contributed by atoms with E-state index in [2.05, 4.69) is 16.5 Å². The van der Waals surface area contributed by atoms with Gasteiger partial charge in [0.05, 0.1) is 0 Å². The first-order valence-corrected chi connectivity index (χ1v) is 4.83. The molecule has 0 unspecified atom stereocenters. The van der Waals surface area contributed by atoms with Crippen LogP contribution in [0.3, 0.4) is 0 Å². The molecule has 0 atom stereocenters. The van der Waals surface area contributed by atoms with Gasteiger partial charge in [-0.05, 0) is 24.6 Å². The maximum Gasteiger partial charge on any atom is 0.223 e. The van der Waals surface area contributed by atoms with Crippen LogP contribution in [0.2, 0.25) is 5.28 Å². The van der Waals surface area contributed by atoms with Crippen LogP contribution in [0.4, 0.5) is 0 Å². The van der Waals surface area contributed by atoms with E-state index in [0.717, 1.165) is 16.5 Å². The lowest BCUT2D eigenvalue weighted by atomic mass is 10.5. The Morgan fingerprint density at radius 1 is 1.67 bits per heavy atom. The molecule has 0 saturated heterocycles. The van der Waals surface area contributed by atoms with E-state index in [9.17, 15) is 0 Å². The van der Waals surface area contributed by atoms with Crippen LogP contribution >= 0.6 is 23.4 Å². The third kappa shape index (κ3) is 2.83. The van der Waals surface area contributed by atoms with Crippen molar-refractivity contribution in [2.45, 2.75) is 11.9 Å². The van der Waals surface area contributed by atoms with Crippen molar-refractivity contribution in [3.8, 4) is 0 Å². The van der Waals surface area contributed by atoms with Gasteiger partial charge in [-0.2, -0.15) is 0 Å². The van der Waals surface area contributed by atoms with E-state index < -0.39 is 0 Å². The average molecular weight is 201 g/mol. The van der Waals surface area contributed by atoms with Crippen molar-refractivity contribution in [3.63, 3.8) is 0 Å². The summed E-state index contributed by atoms with van der Waals surface area (Å²) in [4.78, 5) is 8.00. The normalized spacial score (nSPS) is 9.83. The van der Waals surface area contributed by atoms with Crippen LogP contribution in [0.1, 0.15) is 5.69 Å².